The van der Waals surface area contributed by atoms with Crippen LogP contribution in [0.1, 0.15) is 69.8 Å². The molecule has 0 amide bonds. The summed E-state index contributed by atoms with van der Waals surface area (Å²) in [7, 11) is 0. The predicted molar refractivity (Wildman–Crippen MR) is 98.7 cm³/mol. The summed E-state index contributed by atoms with van der Waals surface area (Å²) in [5.41, 5.74) is 5.73. The van der Waals surface area contributed by atoms with Crippen LogP contribution in [0.3, 0.4) is 0 Å². The molecule has 0 aliphatic heterocycles. The van der Waals surface area contributed by atoms with E-state index in [4.69, 9.17) is 0 Å². The van der Waals surface area contributed by atoms with Crippen molar-refractivity contribution in [2.75, 3.05) is 0 Å². The van der Waals surface area contributed by atoms with Gasteiger partial charge in [0.25, 0.3) is 0 Å². The van der Waals surface area contributed by atoms with E-state index < -0.39 is 0 Å². The predicted octanol–water partition coefficient (Wildman–Crippen LogP) is 5.06. The minimum atomic E-state index is -0.339. The molecular formula is C21H29NO2. The monoisotopic (exact) mass is 327 g/mol. The summed E-state index contributed by atoms with van der Waals surface area (Å²) in [6.07, 6.45) is 0. The highest BCUT2D eigenvalue weighted by Crippen LogP contribution is 2.41. The van der Waals surface area contributed by atoms with Crippen LogP contribution in [0, 0.1) is 0 Å². The highest BCUT2D eigenvalue weighted by molar-refractivity contribution is 5.51. The zero-order valence-corrected chi connectivity index (χ0v) is 15.5. The first-order chi connectivity index (χ1) is 11.1. The van der Waals surface area contributed by atoms with Gasteiger partial charge in [-0.1, -0.05) is 71.9 Å². The number of phenolic OH excluding ortho intramolecular Hbond substituents is 1. The fraction of sp³-hybridized carbons (Fsp3) is 0.429. The van der Waals surface area contributed by atoms with Gasteiger partial charge in [0, 0.05) is 0 Å². The molecule has 1 unspecified atom stereocenters. The molecule has 2 aromatic rings. The topological polar surface area (TPSA) is 52.5 Å². The molecule has 0 bridgehead atoms. The van der Waals surface area contributed by atoms with Crippen LogP contribution in [-0.4, -0.2) is 10.3 Å². The Kier molecular flexibility index (Phi) is 5.07. The van der Waals surface area contributed by atoms with Crippen molar-refractivity contribution in [3.05, 3.63) is 64.7 Å². The average Bonchev–Trinajstić information content (AvgIpc) is 2.48. The summed E-state index contributed by atoms with van der Waals surface area (Å²) in [6.45, 7) is 12.5. The smallest absolute Gasteiger partial charge is 0.123 e. The molecule has 0 radical (unpaired) electrons. The van der Waals surface area contributed by atoms with Crippen LogP contribution in [0.15, 0.2) is 42.5 Å². The van der Waals surface area contributed by atoms with E-state index in [1.165, 1.54) is 0 Å². The van der Waals surface area contributed by atoms with Gasteiger partial charge in [0.05, 0.1) is 6.04 Å². The second kappa shape index (κ2) is 6.58. The maximum Gasteiger partial charge on any atom is 0.123 e. The van der Waals surface area contributed by atoms with Crippen LogP contribution >= 0.6 is 0 Å². The van der Waals surface area contributed by atoms with Gasteiger partial charge >= 0.3 is 0 Å². The lowest BCUT2D eigenvalue weighted by Crippen LogP contribution is -2.22. The number of nitrogens with one attached hydrogen (secondary N) is 1. The Morgan fingerprint density at radius 2 is 1.25 bits per heavy atom. The largest absolute Gasteiger partial charge is 0.507 e. The number of hydroxylamine groups is 1. The van der Waals surface area contributed by atoms with Crippen molar-refractivity contribution < 1.29 is 10.3 Å². The molecule has 0 aliphatic carbocycles. The molecule has 2 rings (SSSR count). The molecule has 0 spiro atoms. The molecule has 3 nitrogen and oxygen atoms in total. The normalized spacial score (nSPS) is 13.8. The van der Waals surface area contributed by atoms with Gasteiger partial charge in [0.1, 0.15) is 5.75 Å². The number of benzene rings is 2. The third-order valence-corrected chi connectivity index (χ3v) is 4.34. The van der Waals surface area contributed by atoms with Crippen LogP contribution in [0.5, 0.6) is 5.75 Å². The zero-order chi connectivity index (χ0) is 18.1. The molecule has 2 aromatic carbocycles. The summed E-state index contributed by atoms with van der Waals surface area (Å²) in [5.74, 6) is 0.350. The van der Waals surface area contributed by atoms with E-state index in [0.717, 1.165) is 22.3 Å². The molecule has 0 aromatic heterocycles. The van der Waals surface area contributed by atoms with Gasteiger partial charge in [-0.05, 0) is 45.2 Å². The Hall–Kier alpha value is -1.84. The van der Waals surface area contributed by atoms with E-state index in [1.807, 2.05) is 42.5 Å². The Bertz CT molecular complexity index is 659. The van der Waals surface area contributed by atoms with Crippen molar-refractivity contribution in [3.63, 3.8) is 0 Å². The Labute approximate surface area is 145 Å². The van der Waals surface area contributed by atoms with Crippen LogP contribution < -0.4 is 5.48 Å². The summed E-state index contributed by atoms with van der Waals surface area (Å²) >= 11 is 0. The van der Waals surface area contributed by atoms with Crippen LogP contribution in [0.25, 0.3) is 0 Å². The van der Waals surface area contributed by atoms with E-state index in [0.29, 0.717) is 5.75 Å². The van der Waals surface area contributed by atoms with Crippen LogP contribution in [-0.2, 0) is 10.8 Å². The molecule has 0 fully saturated rings. The van der Waals surface area contributed by atoms with Crippen LogP contribution in [0.2, 0.25) is 0 Å². The van der Waals surface area contributed by atoms with E-state index in [-0.39, 0.29) is 16.9 Å². The molecule has 0 heterocycles. The Balaban J connectivity index is 2.70. The summed E-state index contributed by atoms with van der Waals surface area (Å²) < 4.78 is 0. The van der Waals surface area contributed by atoms with Crippen molar-refractivity contribution in [1.29, 1.82) is 0 Å². The van der Waals surface area contributed by atoms with Gasteiger partial charge in [0.15, 0.2) is 0 Å². The van der Waals surface area contributed by atoms with Gasteiger partial charge in [-0.25, -0.2) is 0 Å². The lowest BCUT2D eigenvalue weighted by molar-refractivity contribution is 0.141. The van der Waals surface area contributed by atoms with Gasteiger partial charge in [-0.3, -0.25) is 0 Å². The van der Waals surface area contributed by atoms with Crippen molar-refractivity contribution in [2.45, 2.75) is 58.4 Å². The molecule has 0 saturated carbocycles. The van der Waals surface area contributed by atoms with Crippen LogP contribution in [0.4, 0.5) is 0 Å². The average molecular weight is 327 g/mol. The first kappa shape index (κ1) is 18.5. The molecule has 0 aliphatic rings. The fourth-order valence-electron chi connectivity index (χ4n) is 2.95. The fourth-order valence-corrected chi connectivity index (χ4v) is 2.95. The van der Waals surface area contributed by atoms with Crippen molar-refractivity contribution in [3.8, 4) is 5.75 Å². The number of hydrogen-bond donors (Lipinski definition) is 3. The number of aromatic hydroxyl groups is 1. The minimum absolute atomic E-state index is 0.198. The first-order valence-corrected chi connectivity index (χ1v) is 8.38. The number of rotatable bonds is 3. The Morgan fingerprint density at radius 1 is 0.792 bits per heavy atom. The van der Waals surface area contributed by atoms with Crippen molar-refractivity contribution in [2.24, 2.45) is 0 Å². The molecular weight excluding hydrogens is 298 g/mol. The van der Waals surface area contributed by atoms with Gasteiger partial charge < -0.3 is 10.3 Å². The van der Waals surface area contributed by atoms with E-state index >= 15 is 0 Å². The summed E-state index contributed by atoms with van der Waals surface area (Å²) in [6, 6.07) is 13.5. The Morgan fingerprint density at radius 3 is 1.62 bits per heavy atom. The lowest BCUT2D eigenvalue weighted by Gasteiger charge is -2.29. The van der Waals surface area contributed by atoms with Crippen molar-refractivity contribution >= 4 is 0 Å². The minimum Gasteiger partial charge on any atom is -0.507 e. The maximum atomic E-state index is 10.8. The summed E-state index contributed by atoms with van der Waals surface area (Å²) in [4.78, 5) is 0. The second-order valence-corrected chi connectivity index (χ2v) is 8.44. The molecule has 3 N–H and O–H groups in total. The van der Waals surface area contributed by atoms with E-state index in [2.05, 4.69) is 47.0 Å². The van der Waals surface area contributed by atoms with Gasteiger partial charge in [0.2, 0.25) is 0 Å². The standard InChI is InChI=1S/C21H29NO2/c1-20(2,3)16-12-15(13-17(19(16)23)21(4,5)6)18(22-24)14-10-8-7-9-11-14/h7-13,18,22-24H,1-6H3. The highest BCUT2D eigenvalue weighted by atomic mass is 16.5. The zero-order valence-electron chi connectivity index (χ0n) is 15.5. The number of hydrogen-bond acceptors (Lipinski definition) is 3. The van der Waals surface area contributed by atoms with Crippen molar-refractivity contribution in [1.82, 2.24) is 5.48 Å². The van der Waals surface area contributed by atoms with Gasteiger partial charge in [-0.15, -0.1) is 0 Å². The van der Waals surface area contributed by atoms with E-state index in [1.54, 1.807) is 0 Å². The summed E-state index contributed by atoms with van der Waals surface area (Å²) in [5, 5.41) is 20.6. The highest BCUT2D eigenvalue weighted by Gasteiger charge is 2.28. The first-order valence-electron chi connectivity index (χ1n) is 8.38. The molecule has 0 saturated heterocycles. The van der Waals surface area contributed by atoms with E-state index in [9.17, 15) is 10.3 Å². The molecule has 3 heteroatoms. The molecule has 1 atom stereocenters. The second-order valence-electron chi connectivity index (χ2n) is 8.44. The third-order valence-electron chi connectivity index (χ3n) is 4.34. The quantitative estimate of drug-likeness (QED) is 0.691. The molecule has 130 valence electrons. The molecule has 24 heavy (non-hydrogen) atoms. The third kappa shape index (κ3) is 3.80. The SMILES string of the molecule is CC(C)(C)c1cc(C(NO)c2ccccc2)cc(C(C)(C)C)c1O. The maximum absolute atomic E-state index is 10.8. The number of phenols is 1. The van der Waals surface area contributed by atoms with Gasteiger partial charge in [-0.2, -0.15) is 5.48 Å². The lowest BCUT2D eigenvalue weighted by atomic mass is 9.77.